The number of quaternary nitrogens is 1. The summed E-state index contributed by atoms with van der Waals surface area (Å²) >= 11 is 1.66. The van der Waals surface area contributed by atoms with Gasteiger partial charge in [-0.25, -0.2) is 4.98 Å². The summed E-state index contributed by atoms with van der Waals surface area (Å²) in [6, 6.07) is 18.6. The Bertz CT molecular complexity index is 842. The van der Waals surface area contributed by atoms with Crippen LogP contribution in [0.15, 0.2) is 60.0 Å². The van der Waals surface area contributed by atoms with Gasteiger partial charge in [0, 0.05) is 16.8 Å². The lowest BCUT2D eigenvalue weighted by Gasteiger charge is -2.33. The molecule has 0 saturated carbocycles. The van der Waals surface area contributed by atoms with Crippen LogP contribution in [-0.4, -0.2) is 38.3 Å². The lowest BCUT2D eigenvalue weighted by atomic mass is 10.2. The second-order valence-corrected chi connectivity index (χ2v) is 7.60. The largest absolute Gasteiger partial charge is 0.497 e. The fourth-order valence-electron chi connectivity index (χ4n) is 3.40. The molecule has 0 bridgehead atoms. The summed E-state index contributed by atoms with van der Waals surface area (Å²) in [5.41, 5.74) is 3.52. The summed E-state index contributed by atoms with van der Waals surface area (Å²) in [6.07, 6.45) is 0. The van der Waals surface area contributed by atoms with Crippen LogP contribution < -0.4 is 19.9 Å². The molecular formula is C21H25N4OS+. The van der Waals surface area contributed by atoms with Crippen molar-refractivity contribution in [3.8, 4) is 5.75 Å². The number of ether oxygens (including phenoxy) is 1. The molecule has 0 radical (unpaired) electrons. The highest BCUT2D eigenvalue weighted by Crippen LogP contribution is 2.22. The van der Waals surface area contributed by atoms with Crippen LogP contribution in [0.2, 0.25) is 0 Å². The molecule has 2 aromatic carbocycles. The molecule has 6 heteroatoms. The second kappa shape index (κ2) is 8.41. The Kier molecular flexibility index (Phi) is 5.55. The standard InChI is InChI=1S/C21H24N4OS/c1-26-20-9-7-17(8-10-20)22-21-23-18(16-27-21)15-24-11-13-25(14-12-24)19-5-3-2-4-6-19/h2-10,16H,11-15H2,1H3,(H,22,23)/p+1. The van der Waals surface area contributed by atoms with E-state index in [4.69, 9.17) is 9.72 Å². The molecular weight excluding hydrogens is 356 g/mol. The van der Waals surface area contributed by atoms with Gasteiger partial charge >= 0.3 is 0 Å². The smallest absolute Gasteiger partial charge is 0.187 e. The summed E-state index contributed by atoms with van der Waals surface area (Å²) in [4.78, 5) is 8.83. The molecule has 0 spiro atoms. The van der Waals surface area contributed by atoms with Crippen LogP contribution in [0.5, 0.6) is 5.75 Å². The van der Waals surface area contributed by atoms with Crippen LogP contribution >= 0.6 is 11.3 Å². The van der Waals surface area contributed by atoms with Crippen LogP contribution in [-0.2, 0) is 6.54 Å². The maximum atomic E-state index is 5.20. The quantitative estimate of drug-likeness (QED) is 0.689. The Labute approximate surface area is 164 Å². The van der Waals surface area contributed by atoms with Gasteiger partial charge in [0.15, 0.2) is 5.13 Å². The molecule has 0 unspecified atom stereocenters. The Morgan fingerprint density at radius 3 is 2.52 bits per heavy atom. The molecule has 3 aromatic rings. The highest BCUT2D eigenvalue weighted by Gasteiger charge is 2.21. The number of rotatable bonds is 6. The second-order valence-electron chi connectivity index (χ2n) is 6.75. The monoisotopic (exact) mass is 381 g/mol. The van der Waals surface area contributed by atoms with Gasteiger partial charge in [0.05, 0.1) is 33.3 Å². The summed E-state index contributed by atoms with van der Waals surface area (Å²) in [5.74, 6) is 0.860. The van der Waals surface area contributed by atoms with Crippen molar-refractivity contribution >= 4 is 27.8 Å². The van der Waals surface area contributed by atoms with Crippen LogP contribution in [0, 0.1) is 0 Å². The van der Waals surface area contributed by atoms with Gasteiger partial charge < -0.3 is 19.9 Å². The van der Waals surface area contributed by atoms with Crippen molar-refractivity contribution in [2.75, 3.05) is 43.5 Å². The van der Waals surface area contributed by atoms with Crippen molar-refractivity contribution in [3.63, 3.8) is 0 Å². The molecule has 1 aromatic heterocycles. The van der Waals surface area contributed by atoms with E-state index in [-0.39, 0.29) is 0 Å². The molecule has 1 fully saturated rings. The third-order valence-corrected chi connectivity index (χ3v) is 5.72. The zero-order valence-electron chi connectivity index (χ0n) is 15.5. The predicted octanol–water partition coefficient (Wildman–Crippen LogP) is 2.80. The molecule has 2 heterocycles. The van der Waals surface area contributed by atoms with E-state index in [2.05, 4.69) is 45.9 Å². The lowest BCUT2D eigenvalue weighted by molar-refractivity contribution is -0.914. The number of methoxy groups -OCH3 is 1. The molecule has 1 saturated heterocycles. The van der Waals surface area contributed by atoms with Gasteiger partial charge in [-0.1, -0.05) is 18.2 Å². The van der Waals surface area contributed by atoms with Crippen LogP contribution in [0.4, 0.5) is 16.5 Å². The van der Waals surface area contributed by atoms with Gasteiger partial charge in [0.25, 0.3) is 0 Å². The highest BCUT2D eigenvalue weighted by atomic mass is 32.1. The summed E-state index contributed by atoms with van der Waals surface area (Å²) in [6.45, 7) is 5.48. The number of piperazine rings is 1. The molecule has 27 heavy (non-hydrogen) atoms. The van der Waals surface area contributed by atoms with Gasteiger partial charge in [0.1, 0.15) is 18.0 Å². The van der Waals surface area contributed by atoms with E-state index >= 15 is 0 Å². The summed E-state index contributed by atoms with van der Waals surface area (Å²) < 4.78 is 5.20. The van der Waals surface area contributed by atoms with E-state index in [9.17, 15) is 0 Å². The minimum atomic E-state index is 0.860. The molecule has 0 aliphatic carbocycles. The van der Waals surface area contributed by atoms with Crippen molar-refractivity contribution in [2.24, 2.45) is 0 Å². The Morgan fingerprint density at radius 2 is 1.81 bits per heavy atom. The molecule has 2 N–H and O–H groups in total. The van der Waals surface area contributed by atoms with E-state index < -0.39 is 0 Å². The van der Waals surface area contributed by atoms with Crippen molar-refractivity contribution in [2.45, 2.75) is 6.54 Å². The number of hydrogen-bond acceptors (Lipinski definition) is 5. The normalized spacial score (nSPS) is 14.9. The van der Waals surface area contributed by atoms with Crippen molar-refractivity contribution < 1.29 is 9.64 Å². The maximum absolute atomic E-state index is 5.20. The topological polar surface area (TPSA) is 41.8 Å². The first-order chi connectivity index (χ1) is 13.3. The number of anilines is 3. The number of aromatic nitrogens is 1. The van der Waals surface area contributed by atoms with E-state index in [0.717, 1.165) is 49.3 Å². The number of nitrogens with one attached hydrogen (secondary N) is 2. The third kappa shape index (κ3) is 4.59. The Hall–Kier alpha value is -2.57. The van der Waals surface area contributed by atoms with Crippen molar-refractivity contribution in [3.05, 3.63) is 65.7 Å². The van der Waals surface area contributed by atoms with Crippen LogP contribution in [0.1, 0.15) is 5.69 Å². The van der Waals surface area contributed by atoms with Gasteiger partial charge in [-0.15, -0.1) is 11.3 Å². The number of thiazole rings is 1. The number of para-hydroxylation sites is 1. The SMILES string of the molecule is COc1ccc(Nc2nc(C[NH+]3CCN(c4ccccc4)CC3)cs2)cc1. The lowest BCUT2D eigenvalue weighted by Crippen LogP contribution is -3.13. The fourth-order valence-corrected chi connectivity index (χ4v) is 4.13. The summed E-state index contributed by atoms with van der Waals surface area (Å²) in [5, 5.41) is 6.49. The average Bonchev–Trinajstić information content (AvgIpc) is 3.16. The number of nitrogens with zero attached hydrogens (tertiary/aromatic N) is 2. The first-order valence-corrected chi connectivity index (χ1v) is 10.2. The zero-order valence-corrected chi connectivity index (χ0v) is 16.3. The highest BCUT2D eigenvalue weighted by molar-refractivity contribution is 7.13. The fraction of sp³-hybridized carbons (Fsp3) is 0.286. The van der Waals surface area contributed by atoms with E-state index in [1.807, 2.05) is 24.3 Å². The van der Waals surface area contributed by atoms with E-state index in [0.29, 0.717) is 0 Å². The molecule has 140 valence electrons. The number of hydrogen-bond donors (Lipinski definition) is 2. The zero-order chi connectivity index (χ0) is 18.5. The van der Waals surface area contributed by atoms with Gasteiger partial charge in [0.2, 0.25) is 0 Å². The van der Waals surface area contributed by atoms with Gasteiger partial charge in [-0.3, -0.25) is 0 Å². The third-order valence-electron chi connectivity index (χ3n) is 4.92. The predicted molar refractivity (Wildman–Crippen MR) is 111 cm³/mol. The van der Waals surface area contributed by atoms with Gasteiger partial charge in [-0.05, 0) is 36.4 Å². The molecule has 0 amide bonds. The minimum Gasteiger partial charge on any atom is -0.497 e. The Morgan fingerprint density at radius 1 is 1.07 bits per heavy atom. The Balaban J connectivity index is 1.29. The molecule has 1 aliphatic rings. The summed E-state index contributed by atoms with van der Waals surface area (Å²) in [7, 11) is 1.68. The molecule has 4 rings (SSSR count). The molecule has 0 atom stereocenters. The van der Waals surface area contributed by atoms with E-state index in [1.165, 1.54) is 11.4 Å². The first kappa shape index (κ1) is 17.8. The molecule has 5 nitrogen and oxygen atoms in total. The van der Waals surface area contributed by atoms with Gasteiger partial charge in [-0.2, -0.15) is 0 Å². The van der Waals surface area contributed by atoms with Crippen molar-refractivity contribution in [1.29, 1.82) is 0 Å². The first-order valence-electron chi connectivity index (χ1n) is 9.29. The molecule has 1 aliphatic heterocycles. The van der Waals surface area contributed by atoms with Crippen LogP contribution in [0.3, 0.4) is 0 Å². The van der Waals surface area contributed by atoms with E-state index in [1.54, 1.807) is 23.3 Å². The van der Waals surface area contributed by atoms with Crippen LogP contribution in [0.25, 0.3) is 0 Å². The minimum absolute atomic E-state index is 0.860. The number of benzene rings is 2. The average molecular weight is 382 g/mol. The van der Waals surface area contributed by atoms with Crippen molar-refractivity contribution in [1.82, 2.24) is 4.98 Å². The maximum Gasteiger partial charge on any atom is 0.187 e.